The lowest BCUT2D eigenvalue weighted by Gasteiger charge is -2.15. The lowest BCUT2D eigenvalue weighted by Crippen LogP contribution is -2.20. The second-order valence-corrected chi connectivity index (χ2v) is 3.69. The SMILES string of the molecule is OC(CCC1CCCO1)CC(F)(F)F. The molecule has 0 aromatic carbocycles. The third kappa shape index (κ3) is 4.81. The number of alkyl halides is 3. The Bertz CT molecular complexity index is 164. The Kier molecular flexibility index (Phi) is 4.19. The van der Waals surface area contributed by atoms with Gasteiger partial charge in [0.05, 0.1) is 18.6 Å². The molecule has 1 rings (SSSR count). The van der Waals surface area contributed by atoms with Crippen molar-refractivity contribution in [2.24, 2.45) is 0 Å². The van der Waals surface area contributed by atoms with E-state index in [0.29, 0.717) is 13.0 Å². The zero-order chi connectivity index (χ0) is 10.6. The van der Waals surface area contributed by atoms with Crippen LogP contribution in [0.2, 0.25) is 0 Å². The number of hydrogen-bond donors (Lipinski definition) is 1. The summed E-state index contributed by atoms with van der Waals surface area (Å²) in [5.41, 5.74) is 0. The van der Waals surface area contributed by atoms with Crippen LogP contribution in [0.25, 0.3) is 0 Å². The minimum absolute atomic E-state index is 0.0536. The van der Waals surface area contributed by atoms with Gasteiger partial charge in [-0.15, -0.1) is 0 Å². The molecule has 0 aliphatic carbocycles. The Morgan fingerprint density at radius 3 is 2.64 bits per heavy atom. The molecule has 0 radical (unpaired) electrons. The molecule has 2 nitrogen and oxygen atoms in total. The van der Waals surface area contributed by atoms with E-state index in [9.17, 15) is 13.2 Å². The Balaban J connectivity index is 2.11. The topological polar surface area (TPSA) is 29.5 Å². The van der Waals surface area contributed by atoms with Crippen molar-refractivity contribution in [3.63, 3.8) is 0 Å². The van der Waals surface area contributed by atoms with Gasteiger partial charge in [0, 0.05) is 6.61 Å². The zero-order valence-electron chi connectivity index (χ0n) is 7.89. The van der Waals surface area contributed by atoms with Crippen LogP contribution in [0.4, 0.5) is 13.2 Å². The third-order valence-electron chi connectivity index (χ3n) is 2.31. The lowest BCUT2D eigenvalue weighted by atomic mass is 10.1. The Morgan fingerprint density at radius 1 is 1.43 bits per heavy atom. The van der Waals surface area contributed by atoms with Gasteiger partial charge in [0.25, 0.3) is 0 Å². The van der Waals surface area contributed by atoms with Crippen molar-refractivity contribution in [1.82, 2.24) is 0 Å². The molecule has 0 bridgehead atoms. The molecule has 0 amide bonds. The minimum Gasteiger partial charge on any atom is -0.393 e. The first-order valence-electron chi connectivity index (χ1n) is 4.84. The molecule has 1 N–H and O–H groups in total. The van der Waals surface area contributed by atoms with Gasteiger partial charge in [0.2, 0.25) is 0 Å². The predicted molar refractivity (Wildman–Crippen MR) is 44.9 cm³/mol. The van der Waals surface area contributed by atoms with E-state index < -0.39 is 18.7 Å². The van der Waals surface area contributed by atoms with Crippen LogP contribution in [0.1, 0.15) is 32.1 Å². The van der Waals surface area contributed by atoms with Gasteiger partial charge < -0.3 is 9.84 Å². The van der Waals surface area contributed by atoms with Crippen molar-refractivity contribution >= 4 is 0 Å². The van der Waals surface area contributed by atoms with E-state index in [-0.39, 0.29) is 12.5 Å². The van der Waals surface area contributed by atoms with Crippen molar-refractivity contribution in [2.75, 3.05) is 6.61 Å². The van der Waals surface area contributed by atoms with Gasteiger partial charge in [-0.05, 0) is 25.7 Å². The highest BCUT2D eigenvalue weighted by molar-refractivity contribution is 4.69. The fourth-order valence-electron chi connectivity index (χ4n) is 1.62. The fourth-order valence-corrected chi connectivity index (χ4v) is 1.62. The average molecular weight is 212 g/mol. The van der Waals surface area contributed by atoms with Crippen LogP contribution in [0.5, 0.6) is 0 Å². The van der Waals surface area contributed by atoms with Crippen LogP contribution in [-0.4, -0.2) is 30.1 Å². The molecule has 1 aliphatic heterocycles. The Morgan fingerprint density at radius 2 is 2.14 bits per heavy atom. The number of rotatable bonds is 4. The van der Waals surface area contributed by atoms with E-state index in [1.54, 1.807) is 0 Å². The smallest absolute Gasteiger partial charge is 0.391 e. The third-order valence-corrected chi connectivity index (χ3v) is 2.31. The van der Waals surface area contributed by atoms with Gasteiger partial charge in [-0.3, -0.25) is 0 Å². The summed E-state index contributed by atoms with van der Waals surface area (Å²) in [6, 6.07) is 0. The molecule has 1 heterocycles. The molecule has 1 aliphatic rings. The standard InChI is InChI=1S/C9H15F3O2/c10-9(11,12)6-7(13)3-4-8-2-1-5-14-8/h7-8,13H,1-6H2. The number of aliphatic hydroxyl groups is 1. The normalized spacial score (nSPS) is 25.3. The summed E-state index contributed by atoms with van der Waals surface area (Å²) in [5, 5.41) is 9.07. The highest BCUT2D eigenvalue weighted by Gasteiger charge is 2.31. The molecule has 1 saturated heterocycles. The maximum absolute atomic E-state index is 11.8. The van der Waals surface area contributed by atoms with Crippen LogP contribution in [-0.2, 0) is 4.74 Å². The van der Waals surface area contributed by atoms with Gasteiger partial charge in [-0.2, -0.15) is 13.2 Å². The highest BCUT2D eigenvalue weighted by atomic mass is 19.4. The number of halogens is 3. The van der Waals surface area contributed by atoms with Crippen molar-refractivity contribution in [3.05, 3.63) is 0 Å². The van der Waals surface area contributed by atoms with Crippen molar-refractivity contribution in [1.29, 1.82) is 0 Å². The molecule has 14 heavy (non-hydrogen) atoms. The largest absolute Gasteiger partial charge is 0.393 e. The maximum Gasteiger partial charge on any atom is 0.391 e. The molecule has 84 valence electrons. The van der Waals surface area contributed by atoms with Crippen LogP contribution in [0, 0.1) is 0 Å². The van der Waals surface area contributed by atoms with Gasteiger partial charge in [0.15, 0.2) is 0 Å². The Labute approximate surface area is 81.1 Å². The molecule has 1 fully saturated rings. The summed E-state index contributed by atoms with van der Waals surface area (Å²) in [4.78, 5) is 0. The van der Waals surface area contributed by atoms with Crippen molar-refractivity contribution in [3.8, 4) is 0 Å². The van der Waals surface area contributed by atoms with E-state index in [1.165, 1.54) is 0 Å². The summed E-state index contributed by atoms with van der Waals surface area (Å²) in [6.45, 7) is 0.694. The molecule has 0 saturated carbocycles. The van der Waals surface area contributed by atoms with Crippen LogP contribution < -0.4 is 0 Å². The zero-order valence-corrected chi connectivity index (χ0v) is 7.89. The first kappa shape index (κ1) is 11.8. The predicted octanol–water partition coefficient (Wildman–Crippen LogP) is 2.26. The number of hydrogen-bond acceptors (Lipinski definition) is 2. The molecular formula is C9H15F3O2. The van der Waals surface area contributed by atoms with E-state index in [1.807, 2.05) is 0 Å². The molecule has 0 aromatic rings. The molecule has 0 aromatic heterocycles. The van der Waals surface area contributed by atoms with E-state index >= 15 is 0 Å². The van der Waals surface area contributed by atoms with Gasteiger partial charge in [-0.1, -0.05) is 0 Å². The Hall–Kier alpha value is -0.290. The summed E-state index contributed by atoms with van der Waals surface area (Å²) in [6.07, 6.45) is -4.03. The number of ether oxygens (including phenoxy) is 1. The quantitative estimate of drug-likeness (QED) is 0.774. The maximum atomic E-state index is 11.8. The van der Waals surface area contributed by atoms with Crippen LogP contribution in [0.15, 0.2) is 0 Å². The minimum atomic E-state index is -4.27. The fraction of sp³-hybridized carbons (Fsp3) is 1.00. The summed E-state index contributed by atoms with van der Waals surface area (Å²) < 4.78 is 40.7. The van der Waals surface area contributed by atoms with Crippen LogP contribution >= 0.6 is 0 Å². The number of aliphatic hydroxyl groups excluding tert-OH is 1. The first-order valence-corrected chi connectivity index (χ1v) is 4.84. The highest BCUT2D eigenvalue weighted by Crippen LogP contribution is 2.25. The molecule has 5 heteroatoms. The lowest BCUT2D eigenvalue weighted by molar-refractivity contribution is -0.154. The second-order valence-electron chi connectivity index (χ2n) is 3.69. The van der Waals surface area contributed by atoms with Gasteiger partial charge >= 0.3 is 6.18 Å². The molecular weight excluding hydrogens is 197 g/mol. The summed E-state index contributed by atoms with van der Waals surface area (Å²) >= 11 is 0. The van der Waals surface area contributed by atoms with E-state index in [4.69, 9.17) is 9.84 Å². The molecule has 2 unspecified atom stereocenters. The monoisotopic (exact) mass is 212 g/mol. The second kappa shape index (κ2) is 4.98. The first-order chi connectivity index (χ1) is 6.47. The van der Waals surface area contributed by atoms with Crippen molar-refractivity contribution in [2.45, 2.75) is 50.5 Å². The molecule has 2 atom stereocenters. The van der Waals surface area contributed by atoms with Gasteiger partial charge in [-0.25, -0.2) is 0 Å². The summed E-state index contributed by atoms with van der Waals surface area (Å²) in [5.74, 6) is 0. The molecule has 0 spiro atoms. The van der Waals surface area contributed by atoms with Crippen LogP contribution in [0.3, 0.4) is 0 Å². The van der Waals surface area contributed by atoms with Gasteiger partial charge in [0.1, 0.15) is 0 Å². The summed E-state index contributed by atoms with van der Waals surface area (Å²) in [7, 11) is 0. The van der Waals surface area contributed by atoms with E-state index in [0.717, 1.165) is 12.8 Å². The van der Waals surface area contributed by atoms with Crippen molar-refractivity contribution < 1.29 is 23.0 Å². The average Bonchev–Trinajstić information content (AvgIpc) is 2.49. The van der Waals surface area contributed by atoms with E-state index in [2.05, 4.69) is 0 Å².